The van der Waals surface area contributed by atoms with E-state index in [4.69, 9.17) is 11.5 Å². The van der Waals surface area contributed by atoms with Crippen LogP contribution in [0.25, 0.3) is 0 Å². The zero-order chi connectivity index (χ0) is 25.8. The summed E-state index contributed by atoms with van der Waals surface area (Å²) >= 11 is 0. The first-order valence-corrected chi connectivity index (χ1v) is 12.5. The van der Waals surface area contributed by atoms with E-state index >= 15 is 0 Å². The maximum absolute atomic E-state index is 13.0. The lowest BCUT2D eigenvalue weighted by atomic mass is 9.84. The molecule has 0 radical (unpaired) electrons. The fourth-order valence-electron chi connectivity index (χ4n) is 4.38. The molecule has 0 bridgehead atoms. The first-order valence-electron chi connectivity index (χ1n) is 12.5. The van der Waals surface area contributed by atoms with Gasteiger partial charge in [-0.1, -0.05) is 33.1 Å². The van der Waals surface area contributed by atoms with Gasteiger partial charge < -0.3 is 32.3 Å². The molecule has 2 amide bonds. The number of nitrogens with one attached hydrogen (secondary N) is 2. The number of aliphatic hydroxyl groups is 2. The monoisotopic (exact) mass is 484 g/mol. The van der Waals surface area contributed by atoms with Crippen molar-refractivity contribution in [3.8, 4) is 0 Å². The van der Waals surface area contributed by atoms with Gasteiger partial charge in [0.2, 0.25) is 11.8 Å². The summed E-state index contributed by atoms with van der Waals surface area (Å²) in [5.41, 5.74) is 11.2. The van der Waals surface area contributed by atoms with Gasteiger partial charge in [0.05, 0.1) is 24.1 Å². The summed E-state index contributed by atoms with van der Waals surface area (Å²) in [7, 11) is 0. The fourth-order valence-corrected chi connectivity index (χ4v) is 4.38. The van der Waals surface area contributed by atoms with Gasteiger partial charge in [0.15, 0.2) is 11.6 Å². The Morgan fingerprint density at radius 2 is 1.38 bits per heavy atom. The van der Waals surface area contributed by atoms with Crippen molar-refractivity contribution in [1.82, 2.24) is 10.6 Å². The van der Waals surface area contributed by atoms with Gasteiger partial charge >= 0.3 is 0 Å². The highest BCUT2D eigenvalue weighted by Crippen LogP contribution is 2.26. The average molecular weight is 485 g/mol. The standard InChI is InChI=1S/C24H44N4O6/c1-14(2)21(31)19(10-12-26)28-23(33)17(15(3)29)13-20(30)18(9-11-25)27-24(34)22(32)16-7-5-4-6-8-16/h14-19,22,29,32H,4-13,25-26H2,1-3H3,(H,27,34)(H,28,33)/t15?,17-,18-,19-,22?/m0/s1. The Kier molecular flexibility index (Phi) is 13.5. The third-order valence-corrected chi connectivity index (χ3v) is 6.55. The molecular formula is C24H44N4O6. The Balaban J connectivity index is 2.86. The zero-order valence-corrected chi connectivity index (χ0v) is 20.8. The van der Waals surface area contributed by atoms with Crippen LogP contribution in [0.15, 0.2) is 0 Å². The third kappa shape index (κ3) is 9.40. The smallest absolute Gasteiger partial charge is 0.249 e. The van der Waals surface area contributed by atoms with E-state index in [9.17, 15) is 29.4 Å². The van der Waals surface area contributed by atoms with Crippen LogP contribution < -0.4 is 22.1 Å². The highest BCUT2D eigenvalue weighted by atomic mass is 16.3. The number of carbonyl (C=O) groups excluding carboxylic acids is 4. The molecule has 1 aliphatic rings. The molecule has 0 aliphatic heterocycles. The molecule has 0 aromatic rings. The first kappa shape index (κ1) is 30.2. The van der Waals surface area contributed by atoms with E-state index in [2.05, 4.69) is 10.6 Å². The molecule has 1 aliphatic carbocycles. The number of rotatable bonds is 15. The molecule has 8 N–H and O–H groups in total. The summed E-state index contributed by atoms with van der Waals surface area (Å²) in [5.74, 6) is -3.48. The van der Waals surface area contributed by atoms with Crippen LogP contribution in [0.3, 0.4) is 0 Å². The fraction of sp³-hybridized carbons (Fsp3) is 0.833. The van der Waals surface area contributed by atoms with Crippen molar-refractivity contribution in [2.75, 3.05) is 13.1 Å². The molecule has 1 saturated carbocycles. The van der Waals surface area contributed by atoms with Crippen molar-refractivity contribution in [3.05, 3.63) is 0 Å². The lowest BCUT2D eigenvalue weighted by Crippen LogP contribution is -2.51. The van der Waals surface area contributed by atoms with Crippen LogP contribution in [0.5, 0.6) is 0 Å². The van der Waals surface area contributed by atoms with Gasteiger partial charge in [-0.3, -0.25) is 19.2 Å². The van der Waals surface area contributed by atoms with Crippen LogP contribution in [0.4, 0.5) is 0 Å². The minimum Gasteiger partial charge on any atom is -0.393 e. The van der Waals surface area contributed by atoms with Crippen molar-refractivity contribution >= 4 is 23.4 Å². The molecule has 1 fully saturated rings. The van der Waals surface area contributed by atoms with E-state index in [0.717, 1.165) is 32.1 Å². The van der Waals surface area contributed by atoms with Gasteiger partial charge in [0.25, 0.3) is 0 Å². The van der Waals surface area contributed by atoms with Crippen molar-refractivity contribution in [1.29, 1.82) is 0 Å². The summed E-state index contributed by atoms with van der Waals surface area (Å²) < 4.78 is 0. The molecule has 10 nitrogen and oxygen atoms in total. The second-order valence-corrected chi connectivity index (χ2v) is 9.69. The molecule has 0 saturated heterocycles. The summed E-state index contributed by atoms with van der Waals surface area (Å²) in [6.07, 6.45) is 2.16. The average Bonchev–Trinajstić information content (AvgIpc) is 2.80. The van der Waals surface area contributed by atoms with Gasteiger partial charge in [-0.25, -0.2) is 0 Å². The molecule has 196 valence electrons. The Bertz CT molecular complexity index is 678. The Hall–Kier alpha value is -1.88. The van der Waals surface area contributed by atoms with E-state index in [1.54, 1.807) is 13.8 Å². The number of hydrogen-bond donors (Lipinski definition) is 6. The molecule has 0 spiro atoms. The topological polar surface area (TPSA) is 185 Å². The predicted molar refractivity (Wildman–Crippen MR) is 128 cm³/mol. The molecule has 0 aromatic carbocycles. The number of ketones is 2. The molecule has 10 heteroatoms. The van der Waals surface area contributed by atoms with Crippen molar-refractivity contribution in [2.45, 2.75) is 96.4 Å². The summed E-state index contributed by atoms with van der Waals surface area (Å²) in [6, 6.07) is -1.79. The molecule has 5 atom stereocenters. The van der Waals surface area contributed by atoms with Crippen molar-refractivity contribution < 1.29 is 29.4 Å². The van der Waals surface area contributed by atoms with Crippen LogP contribution in [0.2, 0.25) is 0 Å². The van der Waals surface area contributed by atoms with Gasteiger partial charge in [0.1, 0.15) is 6.10 Å². The van der Waals surface area contributed by atoms with E-state index in [1.807, 2.05) is 0 Å². The lowest BCUT2D eigenvalue weighted by Gasteiger charge is -2.28. The SMILES string of the molecule is CC(C)C(=O)[C@H](CCN)NC(=O)[C@@H](CC(=O)[C@H](CCN)NC(=O)C(O)C1CCCCC1)C(C)O. The maximum atomic E-state index is 13.0. The maximum Gasteiger partial charge on any atom is 0.249 e. The summed E-state index contributed by atoms with van der Waals surface area (Å²) in [6.45, 7) is 5.13. The second-order valence-electron chi connectivity index (χ2n) is 9.69. The van der Waals surface area contributed by atoms with Crippen molar-refractivity contribution in [2.24, 2.45) is 29.2 Å². The predicted octanol–water partition coefficient (Wildman–Crippen LogP) is -0.224. The van der Waals surface area contributed by atoms with Gasteiger partial charge in [-0.05, 0) is 51.6 Å². The van der Waals surface area contributed by atoms with Crippen LogP contribution >= 0.6 is 0 Å². The quantitative estimate of drug-likeness (QED) is 0.184. The highest BCUT2D eigenvalue weighted by Gasteiger charge is 2.34. The van der Waals surface area contributed by atoms with E-state index in [0.29, 0.717) is 0 Å². The zero-order valence-electron chi connectivity index (χ0n) is 20.8. The minimum atomic E-state index is -1.21. The number of aliphatic hydroxyl groups excluding tert-OH is 2. The van der Waals surface area contributed by atoms with Gasteiger partial charge in [0, 0.05) is 12.3 Å². The third-order valence-electron chi connectivity index (χ3n) is 6.55. The number of Topliss-reactive ketones (excluding diaryl/α,β-unsaturated/α-hetero) is 2. The summed E-state index contributed by atoms with van der Waals surface area (Å²) in [5, 5.41) is 25.9. The number of amides is 2. The molecular weight excluding hydrogens is 440 g/mol. The lowest BCUT2D eigenvalue weighted by molar-refractivity contribution is -0.138. The van der Waals surface area contributed by atoms with Crippen LogP contribution in [0.1, 0.15) is 72.1 Å². The largest absolute Gasteiger partial charge is 0.393 e. The number of hydrogen-bond acceptors (Lipinski definition) is 8. The molecule has 1 rings (SSSR count). The Morgan fingerprint density at radius 3 is 1.88 bits per heavy atom. The molecule has 0 aromatic heterocycles. The molecule has 2 unspecified atom stereocenters. The van der Waals surface area contributed by atoms with E-state index in [-0.39, 0.29) is 50.0 Å². The Morgan fingerprint density at radius 1 is 0.853 bits per heavy atom. The first-order chi connectivity index (χ1) is 16.0. The number of carbonyl (C=O) groups is 4. The van der Waals surface area contributed by atoms with E-state index < -0.39 is 47.8 Å². The minimum absolute atomic E-state index is 0.114. The highest BCUT2D eigenvalue weighted by molar-refractivity contribution is 5.95. The van der Waals surface area contributed by atoms with Crippen LogP contribution in [-0.4, -0.2) is 71.0 Å². The van der Waals surface area contributed by atoms with Gasteiger partial charge in [-0.15, -0.1) is 0 Å². The van der Waals surface area contributed by atoms with Crippen LogP contribution in [0, 0.1) is 17.8 Å². The molecule has 0 heterocycles. The van der Waals surface area contributed by atoms with Gasteiger partial charge in [-0.2, -0.15) is 0 Å². The van der Waals surface area contributed by atoms with Crippen molar-refractivity contribution in [3.63, 3.8) is 0 Å². The Labute approximate surface area is 202 Å². The number of nitrogens with two attached hydrogens (primary N) is 2. The normalized spacial score (nSPS) is 19.1. The second kappa shape index (κ2) is 15.2. The molecule has 34 heavy (non-hydrogen) atoms. The van der Waals surface area contributed by atoms with Crippen LogP contribution in [-0.2, 0) is 19.2 Å². The van der Waals surface area contributed by atoms with E-state index in [1.165, 1.54) is 6.92 Å². The summed E-state index contributed by atoms with van der Waals surface area (Å²) in [4.78, 5) is 50.9.